The van der Waals surface area contributed by atoms with Crippen LogP contribution in [0.4, 0.5) is 0 Å². The molecule has 0 amide bonds. The minimum absolute atomic E-state index is 0.357. The number of aliphatic hydroxyl groups excluding tert-OH is 1. The average molecular weight is 186 g/mol. The molecule has 0 radical (unpaired) electrons. The second-order valence-corrected chi connectivity index (χ2v) is 4.20. The van der Waals surface area contributed by atoms with E-state index in [1.807, 2.05) is 0 Å². The molecule has 0 spiro atoms. The van der Waals surface area contributed by atoms with E-state index in [0.29, 0.717) is 12.5 Å². The lowest BCUT2D eigenvalue weighted by Crippen LogP contribution is -1.99. The predicted octanol–water partition coefficient (Wildman–Crippen LogP) is 3.76. The Hall–Kier alpha value is -0.0400. The molecule has 0 aliphatic heterocycles. The van der Waals surface area contributed by atoms with E-state index in [4.69, 9.17) is 5.11 Å². The van der Waals surface area contributed by atoms with Crippen molar-refractivity contribution < 1.29 is 5.11 Å². The van der Waals surface area contributed by atoms with Crippen LogP contribution < -0.4 is 0 Å². The first kappa shape index (κ1) is 13.0. The quantitative estimate of drug-likeness (QED) is 0.544. The van der Waals surface area contributed by atoms with Crippen LogP contribution in [0.2, 0.25) is 0 Å². The van der Waals surface area contributed by atoms with Crippen LogP contribution in [0.15, 0.2) is 0 Å². The third-order valence-corrected chi connectivity index (χ3v) is 2.61. The van der Waals surface area contributed by atoms with Gasteiger partial charge in [0.15, 0.2) is 0 Å². The zero-order valence-electron chi connectivity index (χ0n) is 9.39. The van der Waals surface area contributed by atoms with Gasteiger partial charge in [-0.15, -0.1) is 0 Å². The molecule has 1 nitrogen and oxygen atoms in total. The fraction of sp³-hybridized carbons (Fsp3) is 1.00. The van der Waals surface area contributed by atoms with Gasteiger partial charge in [-0.25, -0.2) is 0 Å². The molecule has 0 unspecified atom stereocenters. The minimum atomic E-state index is 0.357. The first-order valence-corrected chi connectivity index (χ1v) is 5.92. The number of aliphatic hydroxyl groups is 1. The van der Waals surface area contributed by atoms with Crippen molar-refractivity contribution in [2.75, 3.05) is 6.61 Å². The third kappa shape index (κ3) is 9.88. The van der Waals surface area contributed by atoms with Crippen molar-refractivity contribution in [3.8, 4) is 0 Å². The van der Waals surface area contributed by atoms with Gasteiger partial charge in [-0.1, -0.05) is 58.8 Å². The summed E-state index contributed by atoms with van der Waals surface area (Å²) < 4.78 is 0. The Balaban J connectivity index is 2.91. The number of rotatable bonds is 9. The molecule has 0 saturated heterocycles. The smallest absolute Gasteiger partial charge is 0.0456 e. The highest BCUT2D eigenvalue weighted by molar-refractivity contribution is 4.51. The van der Waals surface area contributed by atoms with Crippen LogP contribution in [-0.4, -0.2) is 11.7 Å². The molecule has 1 atom stereocenters. The molecule has 0 aromatic rings. The summed E-state index contributed by atoms with van der Waals surface area (Å²) >= 11 is 0. The maximum absolute atomic E-state index is 8.81. The molecule has 0 aromatic carbocycles. The standard InChI is InChI=1S/C12H26O/c1-3-4-5-6-7-8-9-10-12(2)11-13/h12-13H,3-11H2,1-2H3/t12-/m1/s1. The van der Waals surface area contributed by atoms with E-state index in [1.165, 1.54) is 51.4 Å². The molecule has 0 fully saturated rings. The van der Waals surface area contributed by atoms with Gasteiger partial charge in [0.05, 0.1) is 0 Å². The van der Waals surface area contributed by atoms with Gasteiger partial charge in [0.2, 0.25) is 0 Å². The van der Waals surface area contributed by atoms with E-state index in [1.54, 1.807) is 0 Å². The Morgan fingerprint density at radius 2 is 1.46 bits per heavy atom. The first-order chi connectivity index (χ1) is 6.31. The Morgan fingerprint density at radius 3 is 2.00 bits per heavy atom. The van der Waals surface area contributed by atoms with Gasteiger partial charge in [-0.2, -0.15) is 0 Å². The highest BCUT2D eigenvalue weighted by Crippen LogP contribution is 2.11. The molecule has 0 heterocycles. The summed E-state index contributed by atoms with van der Waals surface area (Å²) in [6.45, 7) is 4.73. The van der Waals surface area contributed by atoms with Crippen LogP contribution in [0.3, 0.4) is 0 Å². The van der Waals surface area contributed by atoms with E-state index < -0.39 is 0 Å². The molecule has 0 aromatic heterocycles. The van der Waals surface area contributed by atoms with Crippen LogP contribution in [0, 0.1) is 5.92 Å². The number of hydrogen-bond donors (Lipinski definition) is 1. The summed E-state index contributed by atoms with van der Waals surface area (Å²) in [5.41, 5.74) is 0. The molecule has 13 heavy (non-hydrogen) atoms. The van der Waals surface area contributed by atoms with Crippen molar-refractivity contribution in [3.63, 3.8) is 0 Å². The van der Waals surface area contributed by atoms with Crippen LogP contribution in [0.25, 0.3) is 0 Å². The maximum atomic E-state index is 8.81. The summed E-state index contributed by atoms with van der Waals surface area (Å²) in [5, 5.41) is 8.81. The zero-order valence-corrected chi connectivity index (χ0v) is 9.39. The van der Waals surface area contributed by atoms with Crippen LogP contribution in [-0.2, 0) is 0 Å². The van der Waals surface area contributed by atoms with E-state index >= 15 is 0 Å². The maximum Gasteiger partial charge on any atom is 0.0456 e. The molecule has 1 heteroatoms. The van der Waals surface area contributed by atoms with E-state index in [0.717, 1.165) is 0 Å². The van der Waals surface area contributed by atoms with Crippen LogP contribution in [0.1, 0.15) is 65.2 Å². The molecule has 80 valence electrons. The Morgan fingerprint density at radius 1 is 0.923 bits per heavy atom. The van der Waals surface area contributed by atoms with Crippen molar-refractivity contribution in [3.05, 3.63) is 0 Å². The summed E-state index contributed by atoms with van der Waals surface area (Å²) in [7, 11) is 0. The molecule has 0 bridgehead atoms. The highest BCUT2D eigenvalue weighted by Gasteiger charge is 1.98. The fourth-order valence-corrected chi connectivity index (χ4v) is 1.54. The van der Waals surface area contributed by atoms with Crippen molar-refractivity contribution in [2.45, 2.75) is 65.2 Å². The average Bonchev–Trinajstić information content (AvgIpc) is 2.16. The van der Waals surface area contributed by atoms with Crippen LogP contribution in [0.5, 0.6) is 0 Å². The lowest BCUT2D eigenvalue weighted by Gasteiger charge is -2.06. The molecule has 0 saturated carbocycles. The minimum Gasteiger partial charge on any atom is -0.396 e. The monoisotopic (exact) mass is 186 g/mol. The van der Waals surface area contributed by atoms with Gasteiger partial charge in [0.25, 0.3) is 0 Å². The molecule has 0 aliphatic carbocycles. The Kier molecular flexibility index (Phi) is 10.0. The van der Waals surface area contributed by atoms with Gasteiger partial charge in [-0.3, -0.25) is 0 Å². The fourth-order valence-electron chi connectivity index (χ4n) is 1.54. The summed E-state index contributed by atoms with van der Waals surface area (Å²) in [6.07, 6.45) is 10.8. The largest absolute Gasteiger partial charge is 0.396 e. The number of hydrogen-bond acceptors (Lipinski definition) is 1. The van der Waals surface area contributed by atoms with E-state index in [-0.39, 0.29) is 0 Å². The van der Waals surface area contributed by atoms with Gasteiger partial charge in [0.1, 0.15) is 0 Å². The molecule has 1 N–H and O–H groups in total. The lowest BCUT2D eigenvalue weighted by molar-refractivity contribution is 0.227. The lowest BCUT2D eigenvalue weighted by atomic mass is 10.0. The van der Waals surface area contributed by atoms with Crippen LogP contribution >= 0.6 is 0 Å². The van der Waals surface area contributed by atoms with E-state index in [2.05, 4.69) is 13.8 Å². The van der Waals surface area contributed by atoms with Crippen molar-refractivity contribution in [2.24, 2.45) is 5.92 Å². The number of unbranched alkanes of at least 4 members (excludes halogenated alkanes) is 6. The van der Waals surface area contributed by atoms with Crippen molar-refractivity contribution >= 4 is 0 Å². The topological polar surface area (TPSA) is 20.2 Å². The summed E-state index contributed by atoms with van der Waals surface area (Å²) in [4.78, 5) is 0. The molecular formula is C12H26O. The van der Waals surface area contributed by atoms with Gasteiger partial charge in [-0.05, 0) is 12.3 Å². The summed E-state index contributed by atoms with van der Waals surface area (Å²) in [6, 6.07) is 0. The Labute approximate surface area is 83.5 Å². The SMILES string of the molecule is CCCCCCCCC[C@@H](C)CO. The van der Waals surface area contributed by atoms with Gasteiger partial charge in [0, 0.05) is 6.61 Å². The normalized spacial score (nSPS) is 13.2. The first-order valence-electron chi connectivity index (χ1n) is 5.92. The summed E-state index contributed by atoms with van der Waals surface area (Å²) in [5.74, 6) is 0.510. The molecule has 0 rings (SSSR count). The zero-order chi connectivity index (χ0) is 9.94. The second kappa shape index (κ2) is 10.0. The third-order valence-electron chi connectivity index (χ3n) is 2.61. The van der Waals surface area contributed by atoms with Crippen molar-refractivity contribution in [1.82, 2.24) is 0 Å². The Bertz CT molecular complexity index is 91.1. The van der Waals surface area contributed by atoms with E-state index in [9.17, 15) is 0 Å². The van der Waals surface area contributed by atoms with Crippen molar-refractivity contribution in [1.29, 1.82) is 0 Å². The predicted molar refractivity (Wildman–Crippen MR) is 58.9 cm³/mol. The van der Waals surface area contributed by atoms with Gasteiger partial charge >= 0.3 is 0 Å². The molecular weight excluding hydrogens is 160 g/mol. The highest BCUT2D eigenvalue weighted by atomic mass is 16.3. The second-order valence-electron chi connectivity index (χ2n) is 4.20. The molecule has 0 aliphatic rings. The van der Waals surface area contributed by atoms with Gasteiger partial charge < -0.3 is 5.11 Å².